The van der Waals surface area contributed by atoms with Crippen molar-refractivity contribution >= 4 is 11.8 Å². The lowest BCUT2D eigenvalue weighted by molar-refractivity contribution is -0.129. The molecule has 1 aromatic heterocycles. The van der Waals surface area contributed by atoms with Crippen LogP contribution in [0.3, 0.4) is 0 Å². The van der Waals surface area contributed by atoms with Gasteiger partial charge in [0.15, 0.2) is 0 Å². The van der Waals surface area contributed by atoms with Crippen molar-refractivity contribution in [2.24, 2.45) is 5.73 Å². The second-order valence-corrected chi connectivity index (χ2v) is 7.89. The zero-order valence-electron chi connectivity index (χ0n) is 18.1. The van der Waals surface area contributed by atoms with Crippen molar-refractivity contribution in [3.63, 3.8) is 0 Å². The molecule has 7 heteroatoms. The maximum absolute atomic E-state index is 12.1. The quantitative estimate of drug-likeness (QED) is 0.567. The first-order chi connectivity index (χ1) is 16.0. The molecule has 7 nitrogen and oxygen atoms in total. The van der Waals surface area contributed by atoms with Gasteiger partial charge in [-0.2, -0.15) is 0 Å². The first-order valence-electron chi connectivity index (χ1n) is 10.7. The summed E-state index contributed by atoms with van der Waals surface area (Å²) in [5, 5.41) is 10.7. The highest BCUT2D eigenvalue weighted by atomic mass is 16.5. The largest absolute Gasteiger partial charge is 0.457 e. The molecule has 3 aromatic rings. The number of hydrogen-bond donors (Lipinski definition) is 2. The van der Waals surface area contributed by atoms with Gasteiger partial charge in [-0.3, -0.25) is 14.6 Å². The summed E-state index contributed by atoms with van der Waals surface area (Å²) >= 11 is 0. The molecular formula is C26H25N3O4. The molecule has 2 heterocycles. The van der Waals surface area contributed by atoms with E-state index in [0.29, 0.717) is 41.2 Å². The minimum Gasteiger partial charge on any atom is -0.457 e. The molecule has 1 fully saturated rings. The molecule has 3 N–H and O–H groups in total. The summed E-state index contributed by atoms with van der Waals surface area (Å²) in [6.45, 7) is 4.20. The van der Waals surface area contributed by atoms with Crippen molar-refractivity contribution in [3.05, 3.63) is 90.6 Å². The van der Waals surface area contributed by atoms with E-state index in [1.807, 2.05) is 42.5 Å². The zero-order chi connectivity index (χ0) is 23.4. The van der Waals surface area contributed by atoms with Crippen LogP contribution in [0, 0.1) is 0 Å². The molecule has 0 saturated carbocycles. The lowest BCUT2D eigenvalue weighted by atomic mass is 9.89. The van der Waals surface area contributed by atoms with E-state index in [9.17, 15) is 14.7 Å². The maximum atomic E-state index is 12.1. The van der Waals surface area contributed by atoms with E-state index < -0.39 is 12.0 Å². The number of pyridine rings is 1. The van der Waals surface area contributed by atoms with Crippen LogP contribution in [0.2, 0.25) is 0 Å². The third kappa shape index (κ3) is 4.94. The number of aliphatic hydroxyl groups excluding tert-OH is 1. The number of nitrogens with zero attached hydrogens (tertiary/aromatic N) is 2. The number of aromatic nitrogens is 1. The van der Waals surface area contributed by atoms with Crippen LogP contribution in [0.25, 0.3) is 11.3 Å². The highest BCUT2D eigenvalue weighted by Crippen LogP contribution is 2.32. The minimum atomic E-state index is -0.774. The van der Waals surface area contributed by atoms with Crippen molar-refractivity contribution in [1.82, 2.24) is 9.88 Å². The highest BCUT2D eigenvalue weighted by molar-refractivity contribution is 5.98. The van der Waals surface area contributed by atoms with Crippen LogP contribution in [0.5, 0.6) is 11.5 Å². The average Bonchev–Trinajstić information content (AvgIpc) is 2.84. The number of rotatable bonds is 6. The first-order valence-corrected chi connectivity index (χ1v) is 10.7. The number of primary amides is 1. The fourth-order valence-corrected chi connectivity index (χ4v) is 4.01. The number of nitrogens with two attached hydrogens (primary N) is 1. The van der Waals surface area contributed by atoms with Gasteiger partial charge in [-0.15, -0.1) is 0 Å². The number of likely N-dealkylation sites (tertiary alicyclic amines) is 1. The summed E-state index contributed by atoms with van der Waals surface area (Å²) in [6, 6.07) is 20.0. The summed E-state index contributed by atoms with van der Waals surface area (Å²) in [7, 11) is 0. The number of para-hydroxylation sites is 1. The molecule has 0 radical (unpaired) electrons. The number of aliphatic hydroxyl groups is 1. The fraction of sp³-hybridized carbons (Fsp3) is 0.192. The summed E-state index contributed by atoms with van der Waals surface area (Å²) in [5.41, 5.74) is 7.70. The predicted molar refractivity (Wildman–Crippen MR) is 125 cm³/mol. The third-order valence-corrected chi connectivity index (χ3v) is 5.74. The van der Waals surface area contributed by atoms with Gasteiger partial charge in [-0.25, -0.2) is 0 Å². The Morgan fingerprint density at radius 2 is 1.76 bits per heavy atom. The Morgan fingerprint density at radius 1 is 1.06 bits per heavy atom. The van der Waals surface area contributed by atoms with E-state index in [1.54, 1.807) is 29.2 Å². The van der Waals surface area contributed by atoms with Gasteiger partial charge in [-0.1, -0.05) is 24.8 Å². The van der Waals surface area contributed by atoms with E-state index in [1.165, 1.54) is 6.08 Å². The Hall–Kier alpha value is -3.97. The number of carbonyl (C=O) groups is 2. The molecule has 2 amide bonds. The van der Waals surface area contributed by atoms with Gasteiger partial charge in [0.05, 0.1) is 17.4 Å². The monoisotopic (exact) mass is 443 g/mol. The molecule has 1 aliphatic heterocycles. The highest BCUT2D eigenvalue weighted by Gasteiger charge is 2.32. The second-order valence-electron chi connectivity index (χ2n) is 7.89. The van der Waals surface area contributed by atoms with Gasteiger partial charge in [0.2, 0.25) is 5.91 Å². The number of hydrogen-bond acceptors (Lipinski definition) is 5. The van der Waals surface area contributed by atoms with Crippen molar-refractivity contribution in [2.45, 2.75) is 18.4 Å². The smallest absolute Gasteiger partial charge is 0.250 e. The summed E-state index contributed by atoms with van der Waals surface area (Å²) in [6.07, 6.45) is 1.02. The summed E-state index contributed by atoms with van der Waals surface area (Å²) in [5.74, 6) is 0.318. The lowest BCUT2D eigenvalue weighted by Gasteiger charge is -2.35. The van der Waals surface area contributed by atoms with Crippen molar-refractivity contribution in [2.75, 3.05) is 13.1 Å². The lowest BCUT2D eigenvalue weighted by Crippen LogP contribution is -2.45. The SMILES string of the molecule is C=CC(=O)N1CCC(c2ccc(C(N)=O)c(-c3ccc(Oc4ccccc4)cc3)n2)C(O)C1. The van der Waals surface area contributed by atoms with Crippen LogP contribution >= 0.6 is 0 Å². The summed E-state index contributed by atoms with van der Waals surface area (Å²) in [4.78, 5) is 30.2. The molecule has 168 valence electrons. The van der Waals surface area contributed by atoms with Gasteiger partial charge in [0.1, 0.15) is 11.5 Å². The molecule has 0 bridgehead atoms. The van der Waals surface area contributed by atoms with Crippen LogP contribution in [-0.4, -0.2) is 46.0 Å². The Morgan fingerprint density at radius 3 is 2.39 bits per heavy atom. The number of piperidine rings is 1. The Kier molecular flexibility index (Phi) is 6.51. The molecule has 1 saturated heterocycles. The van der Waals surface area contributed by atoms with Crippen molar-refractivity contribution in [3.8, 4) is 22.8 Å². The number of carbonyl (C=O) groups excluding carboxylic acids is 2. The number of ether oxygens (including phenoxy) is 1. The van der Waals surface area contributed by atoms with Gasteiger partial charge >= 0.3 is 0 Å². The Bertz CT molecular complexity index is 1160. The maximum Gasteiger partial charge on any atom is 0.250 e. The Balaban J connectivity index is 1.60. The standard InChI is InChI=1S/C26H25N3O4/c1-2-24(31)29-15-14-20(23(30)16-29)22-13-12-21(26(27)32)25(28-22)17-8-10-19(11-9-17)33-18-6-4-3-5-7-18/h2-13,20,23,30H,1,14-16H2,(H2,27,32). The van der Waals surface area contributed by atoms with Crippen LogP contribution < -0.4 is 10.5 Å². The normalized spacial score (nSPS) is 17.9. The molecule has 0 aliphatic carbocycles. The van der Waals surface area contributed by atoms with Gasteiger partial charge in [-0.05, 0) is 61.0 Å². The van der Waals surface area contributed by atoms with E-state index >= 15 is 0 Å². The number of β-amino-alcohol motifs (C(OH)–C–C–N with tert-alkyl or cyclic N) is 1. The molecule has 2 atom stereocenters. The minimum absolute atomic E-state index is 0.204. The zero-order valence-corrected chi connectivity index (χ0v) is 18.1. The molecule has 33 heavy (non-hydrogen) atoms. The molecule has 2 aromatic carbocycles. The van der Waals surface area contributed by atoms with Gasteiger partial charge in [0, 0.05) is 30.3 Å². The first kappa shape index (κ1) is 22.2. The van der Waals surface area contributed by atoms with Gasteiger partial charge in [0.25, 0.3) is 5.91 Å². The third-order valence-electron chi connectivity index (χ3n) is 5.74. The van der Waals surface area contributed by atoms with Crippen LogP contribution in [0.4, 0.5) is 0 Å². The van der Waals surface area contributed by atoms with Crippen LogP contribution in [0.15, 0.2) is 79.4 Å². The second kappa shape index (κ2) is 9.67. The van der Waals surface area contributed by atoms with E-state index in [0.717, 1.165) is 5.75 Å². The molecular weight excluding hydrogens is 418 g/mol. The Labute approximate surface area is 192 Å². The van der Waals surface area contributed by atoms with E-state index in [-0.39, 0.29) is 18.4 Å². The molecule has 0 spiro atoms. The van der Waals surface area contributed by atoms with Crippen LogP contribution in [0.1, 0.15) is 28.4 Å². The summed E-state index contributed by atoms with van der Waals surface area (Å²) < 4.78 is 5.83. The van der Waals surface area contributed by atoms with Crippen molar-refractivity contribution < 1.29 is 19.4 Å². The van der Waals surface area contributed by atoms with Crippen molar-refractivity contribution in [1.29, 1.82) is 0 Å². The fourth-order valence-electron chi connectivity index (χ4n) is 4.01. The molecule has 1 aliphatic rings. The average molecular weight is 444 g/mol. The molecule has 4 rings (SSSR count). The number of amides is 2. The number of benzene rings is 2. The topological polar surface area (TPSA) is 106 Å². The van der Waals surface area contributed by atoms with Gasteiger partial charge < -0.3 is 20.5 Å². The predicted octanol–water partition coefficient (Wildman–Crippen LogP) is 3.50. The van der Waals surface area contributed by atoms with Crippen LogP contribution in [-0.2, 0) is 4.79 Å². The molecule has 2 unspecified atom stereocenters. The van der Waals surface area contributed by atoms with E-state index in [2.05, 4.69) is 6.58 Å². The van der Waals surface area contributed by atoms with E-state index in [4.69, 9.17) is 15.5 Å².